The summed E-state index contributed by atoms with van der Waals surface area (Å²) in [6, 6.07) is 19.7. The summed E-state index contributed by atoms with van der Waals surface area (Å²) < 4.78 is 5.32. The smallest absolute Gasteiger partial charge is 0.350 e. The van der Waals surface area contributed by atoms with E-state index in [1.54, 1.807) is 6.08 Å². The van der Waals surface area contributed by atoms with E-state index in [1.165, 1.54) is 19.3 Å². The Kier molecular flexibility index (Phi) is 9.43. The van der Waals surface area contributed by atoms with Crippen LogP contribution < -0.4 is 0 Å². The van der Waals surface area contributed by atoms with Crippen LogP contribution in [0, 0.1) is 0 Å². The number of hydrogen-bond donors (Lipinski definition) is 0. The molecule has 0 aliphatic carbocycles. The number of benzene rings is 2. The Morgan fingerprint density at radius 1 is 0.963 bits per heavy atom. The van der Waals surface area contributed by atoms with E-state index in [0.29, 0.717) is 0 Å². The molecular weight excluding hydrogens is 356 g/mol. The van der Waals surface area contributed by atoms with Crippen LogP contribution in [0.2, 0.25) is 0 Å². The molecule has 0 radical (unpaired) electrons. The minimum absolute atomic E-state index is 0.114. The minimum atomic E-state index is -0.493. The van der Waals surface area contributed by atoms with Gasteiger partial charge in [0.15, 0.2) is 0 Å². The van der Waals surface area contributed by atoms with Gasteiger partial charge in [-0.05, 0) is 35.6 Å². The molecule has 0 saturated heterocycles. The maximum atomic E-state index is 12.2. The number of carbonyl (C=O) groups is 1. The molecule has 27 heavy (non-hydrogen) atoms. The Labute approximate surface area is 167 Å². The maximum absolute atomic E-state index is 12.2. The fourth-order valence-electron chi connectivity index (χ4n) is 2.72. The fourth-order valence-corrected chi connectivity index (χ4v) is 2.91. The number of esters is 1. The van der Waals surface area contributed by atoms with Gasteiger partial charge in [0.25, 0.3) is 0 Å². The largest absolute Gasteiger partial charge is 0.457 e. The van der Waals surface area contributed by atoms with Crippen molar-refractivity contribution in [3.63, 3.8) is 0 Å². The van der Waals surface area contributed by atoms with E-state index in [1.807, 2.05) is 60.7 Å². The molecule has 0 aromatic heterocycles. The van der Waals surface area contributed by atoms with Gasteiger partial charge >= 0.3 is 5.97 Å². The quantitative estimate of drug-likeness (QED) is 0.193. The number of hydrogen-bond acceptors (Lipinski definition) is 2. The third-order valence-electron chi connectivity index (χ3n) is 4.19. The zero-order chi connectivity index (χ0) is 19.3. The number of rotatable bonds is 10. The minimum Gasteiger partial charge on any atom is -0.457 e. The Bertz CT molecular complexity index is 748. The standard InChI is InChI=1S/C24H27ClO2/c1-2-3-4-7-16-22(17-20-12-8-5-9-13-20)18-23(25)24(26)27-19-21-14-10-6-11-15-21/h5-6,8-15,17-18H,2-4,7,16,19H2,1H3/b22-17+,23-18-. The van der Waals surface area contributed by atoms with Gasteiger partial charge in [-0.1, -0.05) is 105 Å². The summed E-state index contributed by atoms with van der Waals surface area (Å²) in [5, 5.41) is 0.114. The number of ether oxygens (including phenoxy) is 1. The van der Waals surface area contributed by atoms with Gasteiger partial charge < -0.3 is 4.74 Å². The predicted octanol–water partition coefficient (Wildman–Crippen LogP) is 6.91. The van der Waals surface area contributed by atoms with E-state index in [9.17, 15) is 4.79 Å². The molecule has 0 bridgehead atoms. The van der Waals surface area contributed by atoms with Crippen molar-refractivity contribution in [3.8, 4) is 0 Å². The lowest BCUT2D eigenvalue weighted by molar-refractivity contribution is -0.139. The molecule has 0 spiro atoms. The Hall–Kier alpha value is -2.32. The molecule has 2 nitrogen and oxygen atoms in total. The number of carbonyl (C=O) groups excluding carboxylic acids is 1. The van der Waals surface area contributed by atoms with Crippen LogP contribution in [0.25, 0.3) is 6.08 Å². The molecule has 0 N–H and O–H groups in total. The second kappa shape index (κ2) is 12.1. The Morgan fingerprint density at radius 3 is 2.30 bits per heavy atom. The zero-order valence-electron chi connectivity index (χ0n) is 15.9. The second-order valence-electron chi connectivity index (χ2n) is 6.49. The Balaban J connectivity index is 2.03. The van der Waals surface area contributed by atoms with Crippen LogP contribution in [0.15, 0.2) is 77.3 Å². The lowest BCUT2D eigenvalue weighted by Gasteiger charge is -2.07. The molecule has 2 aromatic carbocycles. The molecule has 0 saturated carbocycles. The van der Waals surface area contributed by atoms with E-state index in [2.05, 4.69) is 13.0 Å². The zero-order valence-corrected chi connectivity index (χ0v) is 16.6. The molecule has 2 aromatic rings. The molecule has 0 atom stereocenters. The van der Waals surface area contributed by atoms with Crippen molar-refractivity contribution in [2.75, 3.05) is 0 Å². The van der Waals surface area contributed by atoms with Crippen molar-refractivity contribution >= 4 is 23.6 Å². The molecule has 142 valence electrons. The summed E-state index contributed by atoms with van der Waals surface area (Å²) in [5.41, 5.74) is 3.08. The van der Waals surface area contributed by atoms with Gasteiger partial charge in [-0.25, -0.2) is 4.79 Å². The SMILES string of the molecule is CCCCCCC(/C=C(\Cl)C(=O)OCc1ccccc1)=C\c1ccccc1. The number of allylic oxidation sites excluding steroid dienone is 2. The highest BCUT2D eigenvalue weighted by atomic mass is 35.5. The van der Waals surface area contributed by atoms with Gasteiger partial charge in [0.1, 0.15) is 11.6 Å². The number of unbranched alkanes of at least 4 members (excludes halogenated alkanes) is 3. The summed E-state index contributed by atoms with van der Waals surface area (Å²) >= 11 is 6.24. The summed E-state index contributed by atoms with van der Waals surface area (Å²) in [7, 11) is 0. The summed E-state index contributed by atoms with van der Waals surface area (Å²) in [4.78, 5) is 12.2. The predicted molar refractivity (Wildman–Crippen MR) is 113 cm³/mol. The molecule has 0 amide bonds. The summed E-state index contributed by atoms with van der Waals surface area (Å²) in [6.07, 6.45) is 9.37. The fraction of sp³-hybridized carbons (Fsp3) is 0.292. The average Bonchev–Trinajstić information content (AvgIpc) is 2.70. The van der Waals surface area contributed by atoms with Crippen LogP contribution in [0.1, 0.15) is 50.2 Å². The normalized spacial score (nSPS) is 12.1. The van der Waals surface area contributed by atoms with Gasteiger partial charge in [0, 0.05) is 0 Å². The lowest BCUT2D eigenvalue weighted by Crippen LogP contribution is -2.05. The van der Waals surface area contributed by atoms with Crippen LogP contribution in [0.3, 0.4) is 0 Å². The van der Waals surface area contributed by atoms with Crippen molar-refractivity contribution in [1.29, 1.82) is 0 Å². The molecular formula is C24H27ClO2. The highest BCUT2D eigenvalue weighted by Gasteiger charge is 2.10. The Morgan fingerprint density at radius 2 is 1.63 bits per heavy atom. The van der Waals surface area contributed by atoms with Crippen molar-refractivity contribution in [3.05, 3.63) is 88.5 Å². The topological polar surface area (TPSA) is 26.3 Å². The van der Waals surface area contributed by atoms with Crippen molar-refractivity contribution in [1.82, 2.24) is 0 Å². The van der Waals surface area contributed by atoms with Crippen LogP contribution in [0.4, 0.5) is 0 Å². The molecule has 0 fully saturated rings. The summed E-state index contributed by atoms with van der Waals surface area (Å²) in [6.45, 7) is 2.41. The highest BCUT2D eigenvalue weighted by Crippen LogP contribution is 2.19. The third kappa shape index (κ3) is 8.27. The summed E-state index contributed by atoms with van der Waals surface area (Å²) in [5.74, 6) is -0.493. The van der Waals surface area contributed by atoms with Gasteiger partial charge in [-0.15, -0.1) is 0 Å². The van der Waals surface area contributed by atoms with Gasteiger partial charge in [-0.2, -0.15) is 0 Å². The van der Waals surface area contributed by atoms with Crippen LogP contribution >= 0.6 is 11.6 Å². The first kappa shape index (κ1) is 21.0. The first-order chi connectivity index (χ1) is 13.2. The third-order valence-corrected chi connectivity index (χ3v) is 4.45. The van der Waals surface area contributed by atoms with E-state index >= 15 is 0 Å². The first-order valence-electron chi connectivity index (χ1n) is 9.53. The highest BCUT2D eigenvalue weighted by molar-refractivity contribution is 6.41. The van der Waals surface area contributed by atoms with Gasteiger partial charge in [0.2, 0.25) is 0 Å². The molecule has 0 heterocycles. The van der Waals surface area contributed by atoms with Gasteiger partial charge in [0.05, 0.1) is 0 Å². The van der Waals surface area contributed by atoms with Crippen LogP contribution in [0.5, 0.6) is 0 Å². The number of halogens is 1. The first-order valence-corrected chi connectivity index (χ1v) is 9.90. The molecule has 0 aliphatic rings. The lowest BCUT2D eigenvalue weighted by atomic mass is 10.0. The van der Waals surface area contributed by atoms with Crippen LogP contribution in [-0.2, 0) is 16.1 Å². The van der Waals surface area contributed by atoms with E-state index in [-0.39, 0.29) is 11.6 Å². The van der Waals surface area contributed by atoms with Crippen molar-refractivity contribution < 1.29 is 9.53 Å². The monoisotopic (exact) mass is 382 g/mol. The van der Waals surface area contributed by atoms with Crippen molar-refractivity contribution in [2.24, 2.45) is 0 Å². The van der Waals surface area contributed by atoms with Crippen molar-refractivity contribution in [2.45, 2.75) is 45.6 Å². The van der Waals surface area contributed by atoms with E-state index < -0.39 is 5.97 Å². The molecule has 0 aliphatic heterocycles. The molecule has 2 rings (SSSR count). The van der Waals surface area contributed by atoms with E-state index in [0.717, 1.165) is 29.5 Å². The average molecular weight is 383 g/mol. The second-order valence-corrected chi connectivity index (χ2v) is 6.90. The maximum Gasteiger partial charge on any atom is 0.350 e. The van der Waals surface area contributed by atoms with Crippen LogP contribution in [-0.4, -0.2) is 5.97 Å². The van der Waals surface area contributed by atoms with Gasteiger partial charge in [-0.3, -0.25) is 0 Å². The van der Waals surface area contributed by atoms with E-state index in [4.69, 9.17) is 16.3 Å². The molecule has 0 unspecified atom stereocenters. The molecule has 3 heteroatoms.